The maximum Gasteiger partial charge on any atom is 0.0331 e. The predicted molar refractivity (Wildman–Crippen MR) is 54.3 cm³/mol. The minimum atomic E-state index is -0.0304. The Morgan fingerprint density at radius 2 is 0.833 bits per heavy atom. The third-order valence-corrected chi connectivity index (χ3v) is 1.91. The second-order valence-corrected chi connectivity index (χ2v) is 5.33. The second-order valence-electron chi connectivity index (χ2n) is 5.33. The largest absolute Gasteiger partial charge is 0.400 e. The normalized spacial score (nSPS) is 15.8. The van der Waals surface area contributed by atoms with Crippen LogP contribution >= 0.6 is 0 Å². The SMILES string of the molecule is CC(C)(C)C(N)=C(N)C(C)(C)C. The van der Waals surface area contributed by atoms with E-state index in [-0.39, 0.29) is 10.8 Å². The van der Waals surface area contributed by atoms with Gasteiger partial charge in [0.1, 0.15) is 0 Å². The van der Waals surface area contributed by atoms with Crippen LogP contribution < -0.4 is 11.5 Å². The maximum atomic E-state index is 5.94. The lowest BCUT2D eigenvalue weighted by atomic mass is 9.83. The van der Waals surface area contributed by atoms with Gasteiger partial charge in [-0.25, -0.2) is 0 Å². The lowest BCUT2D eigenvalue weighted by Gasteiger charge is -2.28. The first kappa shape index (κ1) is 11.3. The lowest BCUT2D eigenvalue weighted by Crippen LogP contribution is -2.29. The summed E-state index contributed by atoms with van der Waals surface area (Å²) in [6.45, 7) is 12.4. The van der Waals surface area contributed by atoms with E-state index in [1.54, 1.807) is 0 Å². The Morgan fingerprint density at radius 3 is 0.917 bits per heavy atom. The molecule has 0 bridgehead atoms. The van der Waals surface area contributed by atoms with Crippen molar-refractivity contribution in [2.24, 2.45) is 22.3 Å². The molecule has 0 spiro atoms. The molecule has 0 atom stereocenters. The van der Waals surface area contributed by atoms with Crippen LogP contribution in [-0.4, -0.2) is 0 Å². The van der Waals surface area contributed by atoms with Gasteiger partial charge >= 0.3 is 0 Å². The highest BCUT2D eigenvalue weighted by Crippen LogP contribution is 2.30. The molecule has 12 heavy (non-hydrogen) atoms. The summed E-state index contributed by atoms with van der Waals surface area (Å²) in [4.78, 5) is 0. The lowest BCUT2D eigenvalue weighted by molar-refractivity contribution is 0.436. The molecule has 0 heterocycles. The van der Waals surface area contributed by atoms with E-state index in [2.05, 4.69) is 41.5 Å². The van der Waals surface area contributed by atoms with Gasteiger partial charge in [0, 0.05) is 22.2 Å². The van der Waals surface area contributed by atoms with Crippen molar-refractivity contribution < 1.29 is 0 Å². The summed E-state index contributed by atoms with van der Waals surface area (Å²) in [7, 11) is 0. The highest BCUT2D eigenvalue weighted by Gasteiger charge is 2.23. The summed E-state index contributed by atoms with van der Waals surface area (Å²) in [5, 5.41) is 0. The molecule has 2 nitrogen and oxygen atoms in total. The summed E-state index contributed by atoms with van der Waals surface area (Å²) in [5.41, 5.74) is 13.4. The molecule has 0 saturated heterocycles. The van der Waals surface area contributed by atoms with Gasteiger partial charge in [-0.2, -0.15) is 0 Å². The third-order valence-electron chi connectivity index (χ3n) is 1.91. The third kappa shape index (κ3) is 2.76. The number of hydrogen-bond acceptors (Lipinski definition) is 2. The predicted octanol–water partition coefficient (Wildman–Crippen LogP) is 2.21. The van der Waals surface area contributed by atoms with E-state index < -0.39 is 0 Å². The van der Waals surface area contributed by atoms with Crippen molar-refractivity contribution in [1.82, 2.24) is 0 Å². The van der Waals surface area contributed by atoms with Crippen LogP contribution in [0, 0.1) is 10.8 Å². The Hall–Kier alpha value is -0.660. The van der Waals surface area contributed by atoms with Crippen LogP contribution in [-0.2, 0) is 0 Å². The Labute approximate surface area is 76.0 Å². The van der Waals surface area contributed by atoms with Crippen LogP contribution in [0.5, 0.6) is 0 Å². The molecule has 0 unspecified atom stereocenters. The van der Waals surface area contributed by atoms with Crippen LogP contribution in [0.15, 0.2) is 11.4 Å². The molecule has 0 saturated carbocycles. The molecule has 2 heteroatoms. The molecule has 0 radical (unpaired) electrons. The molecular weight excluding hydrogens is 148 g/mol. The molecule has 0 aliphatic rings. The molecule has 72 valence electrons. The van der Waals surface area contributed by atoms with Crippen LogP contribution in [0.2, 0.25) is 0 Å². The van der Waals surface area contributed by atoms with Gasteiger partial charge in [0.15, 0.2) is 0 Å². The topological polar surface area (TPSA) is 52.0 Å². The number of allylic oxidation sites excluding steroid dienone is 2. The summed E-state index contributed by atoms with van der Waals surface area (Å²) >= 11 is 0. The first-order chi connectivity index (χ1) is 5.07. The maximum absolute atomic E-state index is 5.94. The average Bonchev–Trinajstić information content (AvgIpc) is 1.80. The molecule has 0 amide bonds. The zero-order valence-corrected chi connectivity index (χ0v) is 9.15. The summed E-state index contributed by atoms with van der Waals surface area (Å²) in [6, 6.07) is 0. The van der Waals surface area contributed by atoms with Crippen LogP contribution in [0.1, 0.15) is 41.5 Å². The molecular formula is C10H22N2. The number of rotatable bonds is 0. The van der Waals surface area contributed by atoms with E-state index in [0.717, 1.165) is 11.4 Å². The molecule has 0 aromatic rings. The van der Waals surface area contributed by atoms with E-state index in [0.29, 0.717) is 0 Å². The fourth-order valence-corrected chi connectivity index (χ4v) is 0.808. The van der Waals surface area contributed by atoms with Crippen molar-refractivity contribution in [2.75, 3.05) is 0 Å². The van der Waals surface area contributed by atoms with Crippen molar-refractivity contribution in [3.05, 3.63) is 11.4 Å². The Bertz CT molecular complexity index is 167. The van der Waals surface area contributed by atoms with Crippen molar-refractivity contribution in [3.63, 3.8) is 0 Å². The van der Waals surface area contributed by atoms with Gasteiger partial charge < -0.3 is 11.5 Å². The van der Waals surface area contributed by atoms with E-state index in [1.165, 1.54) is 0 Å². The summed E-state index contributed by atoms with van der Waals surface area (Å²) < 4.78 is 0. The van der Waals surface area contributed by atoms with Gasteiger partial charge in [-0.3, -0.25) is 0 Å². The molecule has 4 N–H and O–H groups in total. The van der Waals surface area contributed by atoms with Gasteiger partial charge in [-0.15, -0.1) is 0 Å². The van der Waals surface area contributed by atoms with Crippen molar-refractivity contribution in [2.45, 2.75) is 41.5 Å². The first-order valence-electron chi connectivity index (χ1n) is 4.33. The van der Waals surface area contributed by atoms with Crippen LogP contribution in [0.25, 0.3) is 0 Å². The minimum Gasteiger partial charge on any atom is -0.400 e. The molecule has 0 aromatic heterocycles. The van der Waals surface area contributed by atoms with Crippen LogP contribution in [0.4, 0.5) is 0 Å². The van der Waals surface area contributed by atoms with E-state index in [9.17, 15) is 0 Å². The highest BCUT2D eigenvalue weighted by molar-refractivity contribution is 5.18. The molecule has 0 aliphatic heterocycles. The van der Waals surface area contributed by atoms with Crippen molar-refractivity contribution in [3.8, 4) is 0 Å². The number of hydrogen-bond donors (Lipinski definition) is 2. The molecule has 0 aromatic carbocycles. The second kappa shape index (κ2) is 3.00. The quantitative estimate of drug-likeness (QED) is 0.585. The van der Waals surface area contributed by atoms with Crippen LogP contribution in [0.3, 0.4) is 0 Å². The molecule has 0 fully saturated rings. The van der Waals surface area contributed by atoms with Gasteiger partial charge in [0.25, 0.3) is 0 Å². The van der Waals surface area contributed by atoms with E-state index in [1.807, 2.05) is 0 Å². The van der Waals surface area contributed by atoms with Gasteiger partial charge in [-0.05, 0) is 0 Å². The fourth-order valence-electron chi connectivity index (χ4n) is 0.808. The molecule has 0 rings (SSSR count). The Morgan fingerprint density at radius 1 is 0.667 bits per heavy atom. The standard InChI is InChI=1S/C10H22N2/c1-9(2,3)7(11)8(12)10(4,5)6/h11-12H2,1-6H3. The summed E-state index contributed by atoms with van der Waals surface area (Å²) in [5.74, 6) is 0. The first-order valence-corrected chi connectivity index (χ1v) is 4.33. The van der Waals surface area contributed by atoms with Crippen molar-refractivity contribution in [1.29, 1.82) is 0 Å². The monoisotopic (exact) mass is 170 g/mol. The van der Waals surface area contributed by atoms with Gasteiger partial charge in [-0.1, -0.05) is 41.5 Å². The Kier molecular flexibility index (Phi) is 2.83. The zero-order valence-electron chi connectivity index (χ0n) is 9.15. The van der Waals surface area contributed by atoms with E-state index >= 15 is 0 Å². The zero-order chi connectivity index (χ0) is 10.2. The number of nitrogens with two attached hydrogens (primary N) is 2. The summed E-state index contributed by atoms with van der Waals surface area (Å²) in [6.07, 6.45) is 0. The minimum absolute atomic E-state index is 0.0304. The smallest absolute Gasteiger partial charge is 0.0331 e. The molecule has 0 aliphatic carbocycles. The fraction of sp³-hybridized carbons (Fsp3) is 0.800. The van der Waals surface area contributed by atoms with Gasteiger partial charge in [0.2, 0.25) is 0 Å². The van der Waals surface area contributed by atoms with E-state index in [4.69, 9.17) is 11.5 Å². The Balaban J connectivity index is 4.96. The van der Waals surface area contributed by atoms with Crippen molar-refractivity contribution >= 4 is 0 Å². The van der Waals surface area contributed by atoms with Gasteiger partial charge in [0.05, 0.1) is 0 Å². The highest BCUT2D eigenvalue weighted by atomic mass is 14.7. The average molecular weight is 170 g/mol.